The van der Waals surface area contributed by atoms with E-state index < -0.39 is 46.1 Å². The Hall–Kier alpha value is -2.17. The van der Waals surface area contributed by atoms with Crippen molar-refractivity contribution in [3.8, 4) is 0 Å². The van der Waals surface area contributed by atoms with Crippen molar-refractivity contribution in [1.82, 2.24) is 9.59 Å². The average molecular weight is 355 g/mol. The molecule has 0 atom stereocenters. The Balaban J connectivity index is 2.42. The van der Waals surface area contributed by atoms with E-state index in [4.69, 9.17) is 0 Å². The molecule has 1 aromatic heterocycles. The normalized spacial score (nSPS) is 11.8. The van der Waals surface area contributed by atoms with Crippen LogP contribution in [0.1, 0.15) is 27.4 Å². The van der Waals surface area contributed by atoms with Crippen molar-refractivity contribution in [2.45, 2.75) is 12.6 Å². The van der Waals surface area contributed by atoms with E-state index in [0.717, 1.165) is 7.05 Å². The summed E-state index contributed by atoms with van der Waals surface area (Å²) >= 11 is 0.348. The van der Waals surface area contributed by atoms with E-state index in [2.05, 4.69) is 9.59 Å². The first-order valence-corrected chi connectivity index (χ1v) is 6.65. The van der Waals surface area contributed by atoms with Gasteiger partial charge in [-0.15, -0.1) is 5.10 Å². The van der Waals surface area contributed by atoms with E-state index in [1.807, 2.05) is 0 Å². The SMILES string of the molecule is CN(C(=O)c1snnc1C(F)F)c1cc(C(F)(F)F)ccc1F. The molecule has 1 amide bonds. The van der Waals surface area contributed by atoms with Gasteiger partial charge in [0, 0.05) is 7.05 Å². The Kier molecular flexibility index (Phi) is 4.59. The number of alkyl halides is 5. The molecule has 1 heterocycles. The van der Waals surface area contributed by atoms with Gasteiger partial charge in [0.15, 0.2) is 5.69 Å². The third kappa shape index (κ3) is 3.44. The number of carbonyl (C=O) groups is 1. The van der Waals surface area contributed by atoms with Gasteiger partial charge >= 0.3 is 6.18 Å². The molecule has 0 aliphatic carbocycles. The first-order chi connectivity index (χ1) is 10.6. The zero-order valence-electron chi connectivity index (χ0n) is 11.2. The first kappa shape index (κ1) is 17.2. The number of amides is 1. The van der Waals surface area contributed by atoms with Crippen molar-refractivity contribution in [2.75, 3.05) is 11.9 Å². The number of nitrogens with zero attached hydrogens (tertiary/aromatic N) is 3. The van der Waals surface area contributed by atoms with Gasteiger partial charge in [0.05, 0.1) is 11.3 Å². The van der Waals surface area contributed by atoms with Gasteiger partial charge in [0.2, 0.25) is 0 Å². The van der Waals surface area contributed by atoms with Crippen molar-refractivity contribution in [3.05, 3.63) is 40.2 Å². The number of anilines is 1. The molecule has 124 valence electrons. The largest absolute Gasteiger partial charge is 0.416 e. The van der Waals surface area contributed by atoms with Crippen LogP contribution in [0.2, 0.25) is 0 Å². The smallest absolute Gasteiger partial charge is 0.308 e. The summed E-state index contributed by atoms with van der Waals surface area (Å²) in [7, 11) is 0.968. The summed E-state index contributed by atoms with van der Waals surface area (Å²) in [6.45, 7) is 0. The minimum absolute atomic E-state index is 0.348. The molecule has 0 unspecified atom stereocenters. The predicted octanol–water partition coefficient (Wildman–Crippen LogP) is 3.91. The highest BCUT2D eigenvalue weighted by Gasteiger charge is 2.33. The second kappa shape index (κ2) is 6.14. The van der Waals surface area contributed by atoms with Gasteiger partial charge in [-0.25, -0.2) is 13.2 Å². The molecule has 1 aromatic carbocycles. The minimum atomic E-state index is -4.74. The van der Waals surface area contributed by atoms with E-state index in [1.165, 1.54) is 0 Å². The molecule has 0 saturated carbocycles. The molecular weight excluding hydrogens is 348 g/mol. The molecule has 0 aliphatic rings. The van der Waals surface area contributed by atoms with Gasteiger partial charge in [-0.1, -0.05) is 4.49 Å². The Morgan fingerprint density at radius 1 is 1.30 bits per heavy atom. The zero-order chi connectivity index (χ0) is 17.4. The molecule has 0 aliphatic heterocycles. The average Bonchev–Trinajstić information content (AvgIpc) is 2.94. The summed E-state index contributed by atoms with van der Waals surface area (Å²) in [4.78, 5) is 12.1. The number of carbonyl (C=O) groups excluding carboxylic acids is 1. The summed E-state index contributed by atoms with van der Waals surface area (Å²) in [5, 5.41) is 3.09. The van der Waals surface area contributed by atoms with Crippen LogP contribution in [0, 0.1) is 5.82 Å². The highest BCUT2D eigenvalue weighted by molar-refractivity contribution is 7.08. The third-order valence-corrected chi connectivity index (χ3v) is 3.58. The van der Waals surface area contributed by atoms with Crippen LogP contribution in [0.3, 0.4) is 0 Å². The molecule has 2 aromatic rings. The maximum Gasteiger partial charge on any atom is 0.416 e. The van der Waals surface area contributed by atoms with Gasteiger partial charge < -0.3 is 4.90 Å². The van der Waals surface area contributed by atoms with Crippen LogP contribution in [0.15, 0.2) is 18.2 Å². The monoisotopic (exact) mass is 355 g/mol. The first-order valence-electron chi connectivity index (χ1n) is 5.88. The molecular formula is C12H7F6N3OS. The number of hydrogen-bond donors (Lipinski definition) is 0. The Bertz CT molecular complexity index is 730. The molecule has 0 bridgehead atoms. The fourth-order valence-electron chi connectivity index (χ4n) is 1.70. The number of hydrogen-bond acceptors (Lipinski definition) is 4. The van der Waals surface area contributed by atoms with Crippen LogP contribution in [-0.2, 0) is 6.18 Å². The minimum Gasteiger partial charge on any atom is -0.308 e. The lowest BCUT2D eigenvalue weighted by molar-refractivity contribution is -0.137. The molecule has 0 radical (unpaired) electrons. The van der Waals surface area contributed by atoms with Gasteiger partial charge in [0.25, 0.3) is 12.3 Å². The lowest BCUT2D eigenvalue weighted by Gasteiger charge is -2.19. The van der Waals surface area contributed by atoms with Gasteiger partial charge in [-0.05, 0) is 29.7 Å². The molecule has 2 rings (SSSR count). The maximum absolute atomic E-state index is 13.7. The van der Waals surface area contributed by atoms with Crippen LogP contribution in [0.5, 0.6) is 0 Å². The third-order valence-electron chi connectivity index (χ3n) is 2.85. The Labute approximate surface area is 129 Å². The summed E-state index contributed by atoms with van der Waals surface area (Å²) in [5.41, 5.74) is -2.78. The van der Waals surface area contributed by atoms with Crippen molar-refractivity contribution in [3.63, 3.8) is 0 Å². The second-order valence-electron chi connectivity index (χ2n) is 4.32. The van der Waals surface area contributed by atoms with Crippen LogP contribution >= 0.6 is 11.5 Å². The fourth-order valence-corrected chi connectivity index (χ4v) is 2.35. The van der Waals surface area contributed by atoms with Gasteiger partial charge in [0.1, 0.15) is 10.7 Å². The molecule has 11 heteroatoms. The molecule has 4 nitrogen and oxygen atoms in total. The van der Waals surface area contributed by atoms with Crippen LogP contribution < -0.4 is 4.90 Å². The Morgan fingerprint density at radius 2 is 1.96 bits per heavy atom. The standard InChI is InChI=1S/C12H7F6N3OS/c1-21(11(22)9-8(10(14)15)19-20-23-9)7-4-5(12(16,17)18)2-3-6(7)13/h2-4,10H,1H3. The van der Waals surface area contributed by atoms with Gasteiger partial charge in [-0.2, -0.15) is 13.2 Å². The van der Waals surface area contributed by atoms with E-state index in [9.17, 15) is 31.1 Å². The van der Waals surface area contributed by atoms with Crippen LogP contribution in [0.25, 0.3) is 0 Å². The van der Waals surface area contributed by atoms with Gasteiger partial charge in [-0.3, -0.25) is 4.79 Å². The number of benzene rings is 1. The molecule has 0 N–H and O–H groups in total. The highest BCUT2D eigenvalue weighted by Crippen LogP contribution is 2.33. The quantitative estimate of drug-likeness (QED) is 0.785. The second-order valence-corrected chi connectivity index (χ2v) is 5.07. The van der Waals surface area contributed by atoms with E-state index in [-0.39, 0.29) is 0 Å². The van der Waals surface area contributed by atoms with Crippen molar-refractivity contribution in [1.29, 1.82) is 0 Å². The zero-order valence-corrected chi connectivity index (χ0v) is 12.1. The fraction of sp³-hybridized carbons (Fsp3) is 0.250. The summed E-state index contributed by atoms with van der Waals surface area (Å²) < 4.78 is 80.3. The van der Waals surface area contributed by atoms with Crippen molar-refractivity contribution >= 4 is 23.1 Å². The summed E-state index contributed by atoms with van der Waals surface area (Å²) in [5.74, 6) is -2.24. The molecule has 0 fully saturated rings. The van der Waals surface area contributed by atoms with Crippen LogP contribution in [0.4, 0.5) is 32.0 Å². The molecule has 23 heavy (non-hydrogen) atoms. The van der Waals surface area contributed by atoms with E-state index in [1.54, 1.807) is 0 Å². The van der Waals surface area contributed by atoms with E-state index in [0.29, 0.717) is 34.6 Å². The van der Waals surface area contributed by atoms with Crippen molar-refractivity contribution in [2.24, 2.45) is 0 Å². The van der Waals surface area contributed by atoms with E-state index >= 15 is 0 Å². The highest BCUT2D eigenvalue weighted by atomic mass is 32.1. The topological polar surface area (TPSA) is 46.1 Å². The number of rotatable bonds is 3. The van der Waals surface area contributed by atoms with Crippen LogP contribution in [-0.4, -0.2) is 22.5 Å². The summed E-state index contributed by atoms with van der Waals surface area (Å²) in [6, 6.07) is 1.47. The van der Waals surface area contributed by atoms with Crippen molar-refractivity contribution < 1.29 is 31.1 Å². The predicted molar refractivity (Wildman–Crippen MR) is 69.0 cm³/mol. The number of aromatic nitrogens is 2. The molecule has 0 spiro atoms. The number of halogens is 6. The summed E-state index contributed by atoms with van der Waals surface area (Å²) in [6.07, 6.45) is -7.83. The molecule has 0 saturated heterocycles. The lowest BCUT2D eigenvalue weighted by Crippen LogP contribution is -2.27. The maximum atomic E-state index is 13.7. The Morgan fingerprint density at radius 3 is 2.52 bits per heavy atom. The lowest BCUT2D eigenvalue weighted by atomic mass is 10.1.